The summed E-state index contributed by atoms with van der Waals surface area (Å²) in [6.45, 7) is 6.45. The minimum atomic E-state index is 0.564. The first-order chi connectivity index (χ1) is 8.74. The second kappa shape index (κ2) is 6.14. The van der Waals surface area contributed by atoms with Gasteiger partial charge in [0, 0.05) is 30.3 Å². The summed E-state index contributed by atoms with van der Waals surface area (Å²) in [5.74, 6) is 1.66. The summed E-state index contributed by atoms with van der Waals surface area (Å²) in [6, 6.07) is 2.67. The van der Waals surface area contributed by atoms with Gasteiger partial charge in [-0.05, 0) is 32.9 Å². The van der Waals surface area contributed by atoms with E-state index in [0.717, 1.165) is 25.3 Å². The number of hydrogen-bond acceptors (Lipinski definition) is 4. The average Bonchev–Trinajstić information content (AvgIpc) is 3.24. The minimum Gasteiger partial charge on any atom is -0.368 e. The Bertz CT molecular complexity index is 376. The van der Waals surface area contributed by atoms with Crippen molar-refractivity contribution in [2.24, 2.45) is 0 Å². The van der Waals surface area contributed by atoms with E-state index in [1.165, 1.54) is 18.5 Å². The van der Waals surface area contributed by atoms with Gasteiger partial charge in [-0.25, -0.2) is 9.97 Å². The maximum Gasteiger partial charge on any atom is 0.129 e. The Balaban J connectivity index is 1.90. The second-order valence-electron chi connectivity index (χ2n) is 5.12. The predicted molar refractivity (Wildman–Crippen MR) is 74.9 cm³/mol. The molecule has 0 unspecified atom stereocenters. The highest BCUT2D eigenvalue weighted by molar-refractivity contribution is 5.36. The highest BCUT2D eigenvalue weighted by Gasteiger charge is 2.25. The van der Waals surface area contributed by atoms with Gasteiger partial charge in [0.25, 0.3) is 0 Å². The van der Waals surface area contributed by atoms with Crippen LogP contribution in [0, 0.1) is 0 Å². The summed E-state index contributed by atoms with van der Waals surface area (Å²) >= 11 is 0. The highest BCUT2D eigenvalue weighted by Crippen LogP contribution is 2.39. The Kier molecular flexibility index (Phi) is 4.53. The lowest BCUT2D eigenvalue weighted by atomic mass is 10.2. The quantitative estimate of drug-likeness (QED) is 0.805. The van der Waals surface area contributed by atoms with Gasteiger partial charge in [0.1, 0.15) is 12.1 Å². The first-order valence-corrected chi connectivity index (χ1v) is 7.00. The van der Waals surface area contributed by atoms with Gasteiger partial charge in [-0.2, -0.15) is 0 Å². The van der Waals surface area contributed by atoms with Crippen LogP contribution in [-0.4, -0.2) is 41.0 Å². The standard InChI is InChI=1S/C14H24N4/c1-4-12(18(3)5-2)9-15-14-8-13(11-6-7-11)16-10-17-14/h8,10-12H,4-7,9H2,1-3H3,(H,15,16,17)/t12-/m0/s1. The van der Waals surface area contributed by atoms with E-state index in [4.69, 9.17) is 0 Å². The molecule has 1 aliphatic carbocycles. The zero-order valence-corrected chi connectivity index (χ0v) is 11.7. The van der Waals surface area contributed by atoms with Gasteiger partial charge in [0.2, 0.25) is 0 Å². The first kappa shape index (κ1) is 13.3. The van der Waals surface area contributed by atoms with Crippen LogP contribution in [0.15, 0.2) is 12.4 Å². The van der Waals surface area contributed by atoms with Gasteiger partial charge >= 0.3 is 0 Å². The summed E-state index contributed by atoms with van der Waals surface area (Å²) < 4.78 is 0. The number of anilines is 1. The van der Waals surface area contributed by atoms with E-state index >= 15 is 0 Å². The van der Waals surface area contributed by atoms with Gasteiger partial charge in [-0.15, -0.1) is 0 Å². The van der Waals surface area contributed by atoms with Crippen LogP contribution in [0.25, 0.3) is 0 Å². The minimum absolute atomic E-state index is 0.564. The largest absolute Gasteiger partial charge is 0.368 e. The molecule has 1 N–H and O–H groups in total. The van der Waals surface area contributed by atoms with Crippen LogP contribution >= 0.6 is 0 Å². The van der Waals surface area contributed by atoms with E-state index < -0.39 is 0 Å². The molecule has 1 aromatic rings. The number of likely N-dealkylation sites (N-methyl/N-ethyl adjacent to an activating group) is 1. The van der Waals surface area contributed by atoms with Crippen molar-refractivity contribution >= 4 is 5.82 Å². The van der Waals surface area contributed by atoms with E-state index in [0.29, 0.717) is 12.0 Å². The molecule has 0 aromatic carbocycles. The van der Waals surface area contributed by atoms with E-state index in [2.05, 4.69) is 47.1 Å². The topological polar surface area (TPSA) is 41.1 Å². The van der Waals surface area contributed by atoms with Crippen LogP contribution < -0.4 is 5.32 Å². The number of rotatable bonds is 7. The average molecular weight is 248 g/mol. The molecule has 1 aromatic heterocycles. The van der Waals surface area contributed by atoms with Crippen molar-refractivity contribution < 1.29 is 0 Å². The van der Waals surface area contributed by atoms with Crippen molar-refractivity contribution in [1.82, 2.24) is 14.9 Å². The monoisotopic (exact) mass is 248 g/mol. The van der Waals surface area contributed by atoms with Gasteiger partial charge in [0.05, 0.1) is 0 Å². The van der Waals surface area contributed by atoms with Crippen LogP contribution in [0.5, 0.6) is 0 Å². The maximum absolute atomic E-state index is 4.34. The summed E-state index contributed by atoms with van der Waals surface area (Å²) in [4.78, 5) is 11.0. The number of hydrogen-bond donors (Lipinski definition) is 1. The van der Waals surface area contributed by atoms with E-state index in [1.807, 2.05) is 0 Å². The lowest BCUT2D eigenvalue weighted by Gasteiger charge is -2.26. The van der Waals surface area contributed by atoms with Crippen LogP contribution in [-0.2, 0) is 0 Å². The zero-order chi connectivity index (χ0) is 13.0. The van der Waals surface area contributed by atoms with Crippen LogP contribution in [0.3, 0.4) is 0 Å². The van der Waals surface area contributed by atoms with E-state index in [1.54, 1.807) is 6.33 Å². The molecule has 0 radical (unpaired) electrons. The third kappa shape index (κ3) is 3.42. The fraction of sp³-hybridized carbons (Fsp3) is 0.714. The van der Waals surface area contributed by atoms with Crippen molar-refractivity contribution in [3.05, 3.63) is 18.1 Å². The predicted octanol–water partition coefficient (Wildman–Crippen LogP) is 2.50. The van der Waals surface area contributed by atoms with Crippen molar-refractivity contribution in [3.63, 3.8) is 0 Å². The summed E-state index contributed by atoms with van der Waals surface area (Å²) in [5.41, 5.74) is 1.20. The number of nitrogens with one attached hydrogen (secondary N) is 1. The highest BCUT2D eigenvalue weighted by atomic mass is 15.2. The maximum atomic E-state index is 4.34. The fourth-order valence-electron chi connectivity index (χ4n) is 2.16. The van der Waals surface area contributed by atoms with Crippen LogP contribution in [0.4, 0.5) is 5.82 Å². The molecule has 0 aliphatic heterocycles. The van der Waals surface area contributed by atoms with Crippen LogP contribution in [0.2, 0.25) is 0 Å². The van der Waals surface area contributed by atoms with E-state index in [9.17, 15) is 0 Å². The Labute approximate surface area is 110 Å². The normalized spacial score (nSPS) is 16.9. The molecule has 1 heterocycles. The molecule has 1 aliphatic rings. The molecule has 1 saturated carbocycles. The fourth-order valence-corrected chi connectivity index (χ4v) is 2.16. The Hall–Kier alpha value is -1.16. The molecule has 0 spiro atoms. The summed E-state index contributed by atoms with van der Waals surface area (Å²) in [5, 5.41) is 3.44. The second-order valence-corrected chi connectivity index (χ2v) is 5.12. The molecule has 100 valence electrons. The SMILES string of the molecule is CC[C@@H](CNc1cc(C2CC2)ncn1)N(C)CC. The zero-order valence-electron chi connectivity index (χ0n) is 11.7. The molecule has 18 heavy (non-hydrogen) atoms. The van der Waals surface area contributed by atoms with Gasteiger partial charge < -0.3 is 10.2 Å². The Morgan fingerprint density at radius 1 is 1.39 bits per heavy atom. The van der Waals surface area contributed by atoms with E-state index in [-0.39, 0.29) is 0 Å². The Morgan fingerprint density at radius 3 is 2.78 bits per heavy atom. The van der Waals surface area contributed by atoms with Gasteiger partial charge in [0.15, 0.2) is 0 Å². The first-order valence-electron chi connectivity index (χ1n) is 7.00. The number of aromatic nitrogens is 2. The molecular formula is C14H24N4. The van der Waals surface area contributed by atoms with Crippen molar-refractivity contribution in [2.75, 3.05) is 25.5 Å². The smallest absolute Gasteiger partial charge is 0.129 e. The molecule has 0 bridgehead atoms. The lowest BCUT2D eigenvalue weighted by molar-refractivity contribution is 0.257. The molecule has 0 saturated heterocycles. The molecule has 1 atom stereocenters. The molecule has 0 amide bonds. The van der Waals surface area contributed by atoms with Crippen LogP contribution in [0.1, 0.15) is 44.7 Å². The van der Waals surface area contributed by atoms with Crippen molar-refractivity contribution in [1.29, 1.82) is 0 Å². The number of nitrogens with zero attached hydrogens (tertiary/aromatic N) is 3. The molecular weight excluding hydrogens is 224 g/mol. The Morgan fingerprint density at radius 2 is 2.17 bits per heavy atom. The third-order valence-corrected chi connectivity index (χ3v) is 3.80. The molecule has 2 rings (SSSR count). The van der Waals surface area contributed by atoms with Gasteiger partial charge in [-0.1, -0.05) is 13.8 Å². The molecule has 4 heteroatoms. The summed E-state index contributed by atoms with van der Waals surface area (Å²) in [6.07, 6.45) is 5.40. The van der Waals surface area contributed by atoms with Gasteiger partial charge in [-0.3, -0.25) is 0 Å². The third-order valence-electron chi connectivity index (χ3n) is 3.80. The lowest BCUT2D eigenvalue weighted by Crippen LogP contribution is -2.36. The molecule has 4 nitrogen and oxygen atoms in total. The summed E-state index contributed by atoms with van der Waals surface area (Å²) in [7, 11) is 2.17. The van der Waals surface area contributed by atoms with Crippen molar-refractivity contribution in [3.8, 4) is 0 Å². The van der Waals surface area contributed by atoms with Crippen molar-refractivity contribution in [2.45, 2.75) is 45.1 Å². The molecule has 1 fully saturated rings.